The third kappa shape index (κ3) is 4.24. The van der Waals surface area contributed by atoms with Crippen LogP contribution >= 0.6 is 0 Å². The molecule has 0 saturated carbocycles. The summed E-state index contributed by atoms with van der Waals surface area (Å²) in [6.45, 7) is 2.43. The average molecular weight is 408 g/mol. The Hall–Kier alpha value is -3.49. The molecule has 4 rings (SSSR count). The molecule has 2 N–H and O–H groups in total. The molecule has 2 aromatic heterocycles. The van der Waals surface area contributed by atoms with Gasteiger partial charge in [0, 0.05) is 36.0 Å². The Morgan fingerprint density at radius 3 is 2.90 bits per heavy atom. The second-order valence-corrected chi connectivity index (χ2v) is 7.39. The smallest absolute Gasteiger partial charge is 0.324 e. The van der Waals surface area contributed by atoms with E-state index >= 15 is 0 Å². The van der Waals surface area contributed by atoms with Gasteiger partial charge >= 0.3 is 5.69 Å². The third-order valence-electron chi connectivity index (χ3n) is 5.15. The number of benzene rings is 1. The lowest BCUT2D eigenvalue weighted by Crippen LogP contribution is -2.30. The lowest BCUT2D eigenvalue weighted by molar-refractivity contribution is -0.117. The summed E-state index contributed by atoms with van der Waals surface area (Å²) in [5, 5.41) is 7.14. The Labute approximate surface area is 172 Å². The van der Waals surface area contributed by atoms with Crippen molar-refractivity contribution < 1.29 is 4.79 Å². The summed E-state index contributed by atoms with van der Waals surface area (Å²) in [7, 11) is 0. The third-order valence-corrected chi connectivity index (χ3v) is 5.15. The van der Waals surface area contributed by atoms with Crippen molar-refractivity contribution in [3.63, 3.8) is 0 Å². The average Bonchev–Trinajstić information content (AvgIpc) is 2.89. The molecule has 156 valence electrons. The first-order valence-corrected chi connectivity index (χ1v) is 10.2. The molecule has 0 bridgehead atoms. The van der Waals surface area contributed by atoms with Gasteiger partial charge in [0.15, 0.2) is 0 Å². The maximum Gasteiger partial charge on any atom is 0.346 e. The maximum absolute atomic E-state index is 12.5. The molecule has 1 aromatic carbocycles. The molecule has 0 radical (unpaired) electrons. The second kappa shape index (κ2) is 8.48. The van der Waals surface area contributed by atoms with E-state index in [1.54, 1.807) is 22.8 Å². The zero-order chi connectivity index (χ0) is 21.1. The van der Waals surface area contributed by atoms with Gasteiger partial charge in [-0.1, -0.05) is 25.5 Å². The van der Waals surface area contributed by atoms with Gasteiger partial charge in [-0.05, 0) is 31.4 Å². The van der Waals surface area contributed by atoms with E-state index in [0.29, 0.717) is 35.7 Å². The van der Waals surface area contributed by atoms with Crippen molar-refractivity contribution in [2.24, 2.45) is 0 Å². The molecule has 0 saturated heterocycles. The van der Waals surface area contributed by atoms with Gasteiger partial charge in [-0.15, -0.1) is 0 Å². The fourth-order valence-corrected chi connectivity index (χ4v) is 3.63. The molecule has 9 heteroatoms. The molecule has 0 fully saturated rings. The SMILES string of the molecule is CCc1cc(=O)[nH]c(-c2cccc(NC(=O)Cn3nc4n(c3=O)CCCCC4)c2)n1. The summed E-state index contributed by atoms with van der Waals surface area (Å²) in [6.07, 6.45) is 4.45. The Balaban J connectivity index is 1.51. The van der Waals surface area contributed by atoms with E-state index in [9.17, 15) is 14.4 Å². The zero-order valence-electron chi connectivity index (χ0n) is 16.9. The summed E-state index contributed by atoms with van der Waals surface area (Å²) >= 11 is 0. The number of nitrogens with zero attached hydrogens (tertiary/aromatic N) is 4. The van der Waals surface area contributed by atoms with Crippen LogP contribution < -0.4 is 16.6 Å². The summed E-state index contributed by atoms with van der Waals surface area (Å²) in [5.74, 6) is 0.855. The highest BCUT2D eigenvalue weighted by Gasteiger charge is 2.17. The normalized spacial score (nSPS) is 13.5. The van der Waals surface area contributed by atoms with Crippen molar-refractivity contribution >= 4 is 11.6 Å². The number of aryl methyl sites for hydroxylation is 2. The Bertz CT molecular complexity index is 1190. The minimum absolute atomic E-state index is 0.149. The van der Waals surface area contributed by atoms with E-state index in [0.717, 1.165) is 31.5 Å². The fourth-order valence-electron chi connectivity index (χ4n) is 3.63. The van der Waals surface area contributed by atoms with Gasteiger partial charge < -0.3 is 10.3 Å². The van der Waals surface area contributed by atoms with Crippen LogP contribution in [0.5, 0.6) is 0 Å². The summed E-state index contributed by atoms with van der Waals surface area (Å²) in [5.41, 5.74) is 1.48. The molecule has 9 nitrogen and oxygen atoms in total. The number of fused-ring (bicyclic) bond motifs is 1. The molecule has 3 aromatic rings. The van der Waals surface area contributed by atoms with Crippen LogP contribution in [0, 0.1) is 0 Å². The molecule has 0 atom stereocenters. The molecular weight excluding hydrogens is 384 g/mol. The number of H-pyrrole nitrogens is 1. The first-order valence-electron chi connectivity index (χ1n) is 10.2. The monoisotopic (exact) mass is 408 g/mol. The number of rotatable bonds is 5. The Morgan fingerprint density at radius 1 is 1.20 bits per heavy atom. The quantitative estimate of drug-likeness (QED) is 0.667. The Kier molecular flexibility index (Phi) is 5.60. The predicted molar refractivity (Wildman–Crippen MR) is 112 cm³/mol. The Morgan fingerprint density at radius 2 is 2.07 bits per heavy atom. The molecule has 1 aliphatic heterocycles. The molecule has 0 spiro atoms. The van der Waals surface area contributed by atoms with E-state index in [1.165, 1.54) is 10.7 Å². The highest BCUT2D eigenvalue weighted by molar-refractivity contribution is 5.91. The predicted octanol–water partition coefficient (Wildman–Crippen LogP) is 1.72. The number of hydrogen-bond acceptors (Lipinski definition) is 5. The molecule has 0 unspecified atom stereocenters. The van der Waals surface area contributed by atoms with Crippen molar-refractivity contribution in [3.05, 3.63) is 62.7 Å². The molecular formula is C21H24N6O3. The van der Waals surface area contributed by atoms with Crippen molar-refractivity contribution in [1.29, 1.82) is 0 Å². The van der Waals surface area contributed by atoms with Crippen molar-refractivity contribution in [1.82, 2.24) is 24.3 Å². The van der Waals surface area contributed by atoms with Crippen molar-refractivity contribution in [2.45, 2.75) is 52.1 Å². The fraction of sp³-hybridized carbons (Fsp3) is 0.381. The number of carbonyl (C=O) groups is 1. The van der Waals surface area contributed by atoms with Gasteiger partial charge in [0.1, 0.15) is 18.2 Å². The van der Waals surface area contributed by atoms with Crippen LogP contribution in [0.2, 0.25) is 0 Å². The molecule has 30 heavy (non-hydrogen) atoms. The van der Waals surface area contributed by atoms with Gasteiger partial charge in [0.05, 0.1) is 0 Å². The number of aromatic amines is 1. The minimum Gasteiger partial charge on any atom is -0.324 e. The van der Waals surface area contributed by atoms with Gasteiger partial charge in [0.2, 0.25) is 5.91 Å². The summed E-state index contributed by atoms with van der Waals surface area (Å²) in [6, 6.07) is 8.53. The van der Waals surface area contributed by atoms with E-state index in [-0.39, 0.29) is 23.7 Å². The molecule has 3 heterocycles. The lowest BCUT2D eigenvalue weighted by Gasteiger charge is -2.08. The van der Waals surface area contributed by atoms with Crippen molar-refractivity contribution in [3.8, 4) is 11.4 Å². The number of anilines is 1. The number of nitrogens with one attached hydrogen (secondary N) is 2. The molecule has 1 amide bonds. The van der Waals surface area contributed by atoms with Gasteiger partial charge in [-0.2, -0.15) is 5.10 Å². The number of aromatic nitrogens is 5. The van der Waals surface area contributed by atoms with Crippen LogP contribution in [0.3, 0.4) is 0 Å². The van der Waals surface area contributed by atoms with E-state index in [1.807, 2.05) is 13.0 Å². The first kappa shape index (κ1) is 19.8. The van der Waals surface area contributed by atoms with Crippen LogP contribution in [-0.2, 0) is 30.7 Å². The van der Waals surface area contributed by atoms with Crippen LogP contribution in [-0.4, -0.2) is 30.2 Å². The number of hydrogen-bond donors (Lipinski definition) is 2. The molecule has 1 aliphatic rings. The van der Waals surface area contributed by atoms with E-state index < -0.39 is 0 Å². The largest absolute Gasteiger partial charge is 0.346 e. The van der Waals surface area contributed by atoms with E-state index in [2.05, 4.69) is 20.4 Å². The molecule has 0 aliphatic carbocycles. The second-order valence-electron chi connectivity index (χ2n) is 7.39. The van der Waals surface area contributed by atoms with Crippen LogP contribution in [0.4, 0.5) is 5.69 Å². The summed E-state index contributed by atoms with van der Waals surface area (Å²) in [4.78, 5) is 44.1. The highest BCUT2D eigenvalue weighted by atomic mass is 16.2. The van der Waals surface area contributed by atoms with Gasteiger partial charge in [-0.3, -0.25) is 14.2 Å². The first-order chi connectivity index (χ1) is 14.5. The van der Waals surface area contributed by atoms with Crippen LogP contribution in [0.15, 0.2) is 39.9 Å². The van der Waals surface area contributed by atoms with Crippen molar-refractivity contribution in [2.75, 3.05) is 5.32 Å². The van der Waals surface area contributed by atoms with E-state index in [4.69, 9.17) is 0 Å². The summed E-state index contributed by atoms with van der Waals surface area (Å²) < 4.78 is 2.90. The topological polar surface area (TPSA) is 115 Å². The standard InChI is InChI=1S/C21H24N6O3/c1-2-15-12-18(28)24-20(23-15)14-7-6-8-16(11-14)22-19(29)13-27-21(30)26-10-5-3-4-9-17(26)25-27/h6-8,11-12H,2-5,9-10,13H2,1H3,(H,22,29)(H,23,24,28). The van der Waals surface area contributed by atoms with Gasteiger partial charge in [0.25, 0.3) is 5.56 Å². The highest BCUT2D eigenvalue weighted by Crippen LogP contribution is 2.19. The maximum atomic E-state index is 12.5. The lowest BCUT2D eigenvalue weighted by atomic mass is 10.1. The van der Waals surface area contributed by atoms with Crippen LogP contribution in [0.25, 0.3) is 11.4 Å². The van der Waals surface area contributed by atoms with Crippen LogP contribution in [0.1, 0.15) is 37.7 Å². The number of amides is 1. The van der Waals surface area contributed by atoms with Gasteiger partial charge in [-0.25, -0.2) is 14.5 Å². The minimum atomic E-state index is -0.341. The number of carbonyl (C=O) groups excluding carboxylic acids is 1. The zero-order valence-corrected chi connectivity index (χ0v) is 16.9.